The number of anilines is 1. The third-order valence-corrected chi connectivity index (χ3v) is 5.74. The van der Waals surface area contributed by atoms with Gasteiger partial charge in [0.2, 0.25) is 0 Å². The van der Waals surface area contributed by atoms with Crippen LogP contribution < -0.4 is 5.32 Å². The maximum absolute atomic E-state index is 12.7. The van der Waals surface area contributed by atoms with Gasteiger partial charge < -0.3 is 5.32 Å². The Kier molecular flexibility index (Phi) is 5.32. The number of carbonyl (C=O) groups excluding carboxylic acids is 1. The van der Waals surface area contributed by atoms with Crippen molar-refractivity contribution in [1.29, 1.82) is 0 Å². The molecule has 1 saturated heterocycles. The van der Waals surface area contributed by atoms with Crippen LogP contribution in [0.4, 0.5) is 5.82 Å². The number of fused-ring (bicyclic) bond motifs is 1. The molecule has 0 radical (unpaired) electrons. The van der Waals surface area contributed by atoms with E-state index in [1.165, 1.54) is 12.4 Å². The standard InChI is InChI=1S/C23H24N8O/c1-15-11-16(2)31-22(27-15)17(12-26-31)14-30-10-4-7-20(30)18-5-3-6-19(28-18)23(32)29-21-13-24-8-9-25-21/h3,5-6,8-9,11-13,20H,4,7,10,14H2,1-2H3,(H,25,29,32). The molecule has 5 rings (SSSR count). The minimum atomic E-state index is -0.297. The predicted molar refractivity (Wildman–Crippen MR) is 119 cm³/mol. The van der Waals surface area contributed by atoms with Crippen molar-refractivity contribution in [3.63, 3.8) is 0 Å². The third kappa shape index (κ3) is 3.94. The molecule has 4 aromatic rings. The van der Waals surface area contributed by atoms with Gasteiger partial charge in [-0.1, -0.05) is 6.07 Å². The summed E-state index contributed by atoms with van der Waals surface area (Å²) < 4.78 is 1.89. The van der Waals surface area contributed by atoms with Gasteiger partial charge in [-0.25, -0.2) is 19.5 Å². The summed E-state index contributed by atoms with van der Waals surface area (Å²) in [6.45, 7) is 5.74. The maximum atomic E-state index is 12.7. The van der Waals surface area contributed by atoms with Gasteiger partial charge in [0.25, 0.3) is 5.91 Å². The lowest BCUT2D eigenvalue weighted by molar-refractivity contribution is 0.102. The van der Waals surface area contributed by atoms with Gasteiger partial charge in [0, 0.05) is 35.9 Å². The molecule has 0 saturated carbocycles. The maximum Gasteiger partial charge on any atom is 0.275 e. The Morgan fingerprint density at radius 3 is 2.94 bits per heavy atom. The number of aryl methyl sites for hydroxylation is 2. The van der Waals surface area contributed by atoms with E-state index in [0.717, 1.165) is 54.2 Å². The van der Waals surface area contributed by atoms with E-state index in [1.807, 2.05) is 42.8 Å². The number of nitrogens with one attached hydrogen (secondary N) is 1. The molecule has 1 aliphatic rings. The minimum absolute atomic E-state index is 0.139. The monoisotopic (exact) mass is 428 g/mol. The van der Waals surface area contributed by atoms with Crippen LogP contribution in [-0.4, -0.2) is 46.9 Å². The topological polar surface area (TPSA) is 101 Å². The molecular weight excluding hydrogens is 404 g/mol. The van der Waals surface area contributed by atoms with E-state index in [-0.39, 0.29) is 11.9 Å². The van der Waals surface area contributed by atoms with E-state index < -0.39 is 0 Å². The highest BCUT2D eigenvalue weighted by Gasteiger charge is 2.28. The molecular formula is C23H24N8O. The van der Waals surface area contributed by atoms with Crippen molar-refractivity contribution in [2.45, 2.75) is 39.3 Å². The largest absolute Gasteiger partial charge is 0.304 e. The molecule has 5 heterocycles. The zero-order valence-electron chi connectivity index (χ0n) is 18.1. The Hall–Kier alpha value is -3.72. The van der Waals surface area contributed by atoms with Crippen LogP contribution in [-0.2, 0) is 6.54 Å². The summed E-state index contributed by atoms with van der Waals surface area (Å²) in [7, 11) is 0. The van der Waals surface area contributed by atoms with Crippen LogP contribution in [0.2, 0.25) is 0 Å². The van der Waals surface area contributed by atoms with Crippen LogP contribution in [0.3, 0.4) is 0 Å². The molecule has 9 nitrogen and oxygen atoms in total. The van der Waals surface area contributed by atoms with Crippen LogP contribution in [0.5, 0.6) is 0 Å². The first-order chi connectivity index (χ1) is 15.6. The van der Waals surface area contributed by atoms with Crippen LogP contribution >= 0.6 is 0 Å². The minimum Gasteiger partial charge on any atom is -0.304 e. The van der Waals surface area contributed by atoms with Crippen molar-refractivity contribution in [2.24, 2.45) is 0 Å². The molecule has 1 unspecified atom stereocenters. The van der Waals surface area contributed by atoms with Gasteiger partial charge in [-0.05, 0) is 51.4 Å². The molecule has 0 bridgehead atoms. The first-order valence-electron chi connectivity index (χ1n) is 10.7. The van der Waals surface area contributed by atoms with Crippen molar-refractivity contribution in [2.75, 3.05) is 11.9 Å². The van der Waals surface area contributed by atoms with Gasteiger partial charge in [0.15, 0.2) is 11.5 Å². The van der Waals surface area contributed by atoms with E-state index >= 15 is 0 Å². The second-order valence-electron chi connectivity index (χ2n) is 8.07. The highest BCUT2D eigenvalue weighted by atomic mass is 16.1. The zero-order chi connectivity index (χ0) is 22.1. The van der Waals surface area contributed by atoms with Gasteiger partial charge in [-0.3, -0.25) is 14.7 Å². The van der Waals surface area contributed by atoms with Crippen LogP contribution in [0.1, 0.15) is 52.0 Å². The molecule has 162 valence electrons. The average Bonchev–Trinajstić information content (AvgIpc) is 3.42. The summed E-state index contributed by atoms with van der Waals surface area (Å²) in [5.41, 5.74) is 5.31. The quantitative estimate of drug-likeness (QED) is 0.521. The molecule has 1 N–H and O–H groups in total. The van der Waals surface area contributed by atoms with Crippen molar-refractivity contribution in [3.8, 4) is 0 Å². The number of hydrogen-bond acceptors (Lipinski definition) is 7. The summed E-state index contributed by atoms with van der Waals surface area (Å²) in [5, 5.41) is 7.27. The van der Waals surface area contributed by atoms with Gasteiger partial charge in [0.1, 0.15) is 5.69 Å². The highest BCUT2D eigenvalue weighted by molar-refractivity contribution is 6.02. The summed E-state index contributed by atoms with van der Waals surface area (Å²) in [6, 6.07) is 7.76. The first kappa shape index (κ1) is 20.2. The lowest BCUT2D eigenvalue weighted by Gasteiger charge is -2.23. The summed E-state index contributed by atoms with van der Waals surface area (Å²) in [6.07, 6.45) is 8.58. The highest BCUT2D eigenvalue weighted by Crippen LogP contribution is 2.32. The number of amides is 1. The number of likely N-dealkylation sites (tertiary alicyclic amines) is 1. The second kappa shape index (κ2) is 8.43. The van der Waals surface area contributed by atoms with Crippen LogP contribution in [0.25, 0.3) is 5.65 Å². The van der Waals surface area contributed by atoms with Gasteiger partial charge in [-0.15, -0.1) is 0 Å². The number of carbonyl (C=O) groups is 1. The van der Waals surface area contributed by atoms with Crippen molar-refractivity contribution in [3.05, 3.63) is 77.4 Å². The normalized spacial score (nSPS) is 16.5. The van der Waals surface area contributed by atoms with Gasteiger partial charge in [0.05, 0.1) is 24.1 Å². The Balaban J connectivity index is 1.37. The Morgan fingerprint density at radius 2 is 2.09 bits per heavy atom. The Bertz CT molecular complexity index is 1270. The Labute approximate surface area is 185 Å². The molecule has 0 aromatic carbocycles. The molecule has 0 aliphatic carbocycles. The van der Waals surface area contributed by atoms with Crippen LogP contribution in [0.15, 0.2) is 49.1 Å². The summed E-state index contributed by atoms with van der Waals surface area (Å²) in [5.74, 6) is 0.105. The van der Waals surface area contributed by atoms with Gasteiger partial charge >= 0.3 is 0 Å². The zero-order valence-corrected chi connectivity index (χ0v) is 18.1. The number of nitrogens with zero attached hydrogens (tertiary/aromatic N) is 7. The number of hydrogen-bond donors (Lipinski definition) is 1. The van der Waals surface area contributed by atoms with Crippen molar-refractivity contribution < 1.29 is 4.79 Å². The summed E-state index contributed by atoms with van der Waals surface area (Å²) in [4.78, 5) is 32.5. The molecule has 1 atom stereocenters. The SMILES string of the molecule is Cc1cc(C)n2ncc(CN3CCCC3c3cccc(C(=O)Nc4cnccn4)n3)c2n1. The fourth-order valence-electron chi connectivity index (χ4n) is 4.30. The number of aromatic nitrogens is 6. The van der Waals surface area contributed by atoms with Gasteiger partial charge in [-0.2, -0.15) is 5.10 Å². The van der Waals surface area contributed by atoms with E-state index in [0.29, 0.717) is 11.5 Å². The van der Waals surface area contributed by atoms with Crippen LogP contribution in [0, 0.1) is 13.8 Å². The molecule has 1 aliphatic heterocycles. The third-order valence-electron chi connectivity index (χ3n) is 5.74. The van der Waals surface area contributed by atoms with E-state index in [2.05, 4.69) is 30.3 Å². The van der Waals surface area contributed by atoms with E-state index in [9.17, 15) is 4.79 Å². The fourth-order valence-corrected chi connectivity index (χ4v) is 4.30. The number of rotatable bonds is 5. The molecule has 32 heavy (non-hydrogen) atoms. The van der Waals surface area contributed by atoms with Crippen molar-refractivity contribution in [1.82, 2.24) is 34.4 Å². The average molecular weight is 429 g/mol. The van der Waals surface area contributed by atoms with E-state index in [1.54, 1.807) is 12.3 Å². The lowest BCUT2D eigenvalue weighted by Crippen LogP contribution is -2.24. The molecule has 4 aromatic heterocycles. The second-order valence-corrected chi connectivity index (χ2v) is 8.07. The van der Waals surface area contributed by atoms with E-state index in [4.69, 9.17) is 4.98 Å². The number of pyridine rings is 1. The lowest BCUT2D eigenvalue weighted by atomic mass is 10.1. The molecule has 1 fully saturated rings. The fraction of sp³-hybridized carbons (Fsp3) is 0.304. The molecule has 0 spiro atoms. The molecule has 1 amide bonds. The Morgan fingerprint density at radius 1 is 1.19 bits per heavy atom. The van der Waals surface area contributed by atoms with Crippen molar-refractivity contribution >= 4 is 17.4 Å². The molecule has 9 heteroatoms. The summed E-state index contributed by atoms with van der Waals surface area (Å²) >= 11 is 0. The predicted octanol–water partition coefficient (Wildman–Crippen LogP) is 3.12. The smallest absolute Gasteiger partial charge is 0.275 e. The first-order valence-corrected chi connectivity index (χ1v) is 10.7.